The molecule has 0 aromatic heterocycles. The quantitative estimate of drug-likeness (QED) is 0.235. The van der Waals surface area contributed by atoms with Crippen LogP contribution in [0, 0.1) is 0 Å². The van der Waals surface area contributed by atoms with Crippen molar-refractivity contribution in [3.05, 3.63) is 0 Å². The molecule has 0 bridgehead atoms. The van der Waals surface area contributed by atoms with Crippen LogP contribution in [0.4, 0.5) is 0 Å². The molecule has 0 amide bonds. The maximum atomic E-state index is 3.99. The minimum Gasteiger partial charge on any atom is -0.307 e. The van der Waals surface area contributed by atoms with Crippen LogP contribution in [0.3, 0.4) is 0 Å². The van der Waals surface area contributed by atoms with Crippen LogP contribution in [-0.2, 0) is 0 Å². The van der Waals surface area contributed by atoms with E-state index in [1.54, 1.807) is 0 Å². The van der Waals surface area contributed by atoms with Crippen molar-refractivity contribution in [2.24, 2.45) is 0 Å². The zero-order chi connectivity index (χ0) is 4.83. The molecular formula is C3H8INS. The highest BCUT2D eigenvalue weighted by Gasteiger charge is 1.73. The summed E-state index contributed by atoms with van der Waals surface area (Å²) in [6.45, 7) is 1.02. The molecule has 0 aliphatic carbocycles. The van der Waals surface area contributed by atoms with Crippen molar-refractivity contribution in [1.29, 1.82) is 0 Å². The van der Waals surface area contributed by atoms with Gasteiger partial charge < -0.3 is 5.32 Å². The number of nitrogens with one attached hydrogen (secondary N) is 1. The Morgan fingerprint density at radius 3 is 2.50 bits per heavy atom. The topological polar surface area (TPSA) is 12.0 Å². The van der Waals surface area contributed by atoms with E-state index in [1.165, 1.54) is 0 Å². The van der Waals surface area contributed by atoms with Crippen LogP contribution in [0.5, 0.6) is 0 Å². The van der Waals surface area contributed by atoms with E-state index < -0.39 is 0 Å². The van der Waals surface area contributed by atoms with Gasteiger partial charge >= 0.3 is 0 Å². The first-order valence-electron chi connectivity index (χ1n) is 1.79. The molecule has 38 valence electrons. The molecule has 0 atom stereocenters. The molecule has 0 fully saturated rings. The predicted molar refractivity (Wildman–Crippen MR) is 40.7 cm³/mol. The number of rotatable bonds is 3. The van der Waals surface area contributed by atoms with Crippen LogP contribution in [-0.4, -0.2) is 16.8 Å². The molecule has 1 N–H and O–H groups in total. The number of alkyl halides is 1. The Morgan fingerprint density at radius 2 is 2.33 bits per heavy atom. The molecule has 1 nitrogen and oxygen atoms in total. The third-order valence-corrected chi connectivity index (χ3v) is 1.15. The second kappa shape index (κ2) is 6.04. The van der Waals surface area contributed by atoms with E-state index in [1.807, 2.05) is 0 Å². The molecule has 6 heavy (non-hydrogen) atoms. The van der Waals surface area contributed by atoms with Gasteiger partial charge in [0.2, 0.25) is 0 Å². The van der Waals surface area contributed by atoms with E-state index in [0.29, 0.717) is 0 Å². The zero-order valence-corrected chi connectivity index (χ0v) is 6.50. The van der Waals surface area contributed by atoms with Crippen molar-refractivity contribution >= 4 is 35.2 Å². The summed E-state index contributed by atoms with van der Waals surface area (Å²) >= 11 is 6.25. The van der Waals surface area contributed by atoms with E-state index in [-0.39, 0.29) is 0 Å². The molecule has 0 unspecified atom stereocenters. The molecule has 0 aromatic rings. The summed E-state index contributed by atoms with van der Waals surface area (Å²) in [5.74, 6) is 0.934. The van der Waals surface area contributed by atoms with Crippen LogP contribution >= 0.6 is 35.2 Å². The van der Waals surface area contributed by atoms with Gasteiger partial charge in [0.05, 0.1) is 0 Å². The first kappa shape index (κ1) is 7.04. The minimum atomic E-state index is 0.934. The van der Waals surface area contributed by atoms with Crippen LogP contribution < -0.4 is 5.32 Å². The Kier molecular flexibility index (Phi) is 7.09. The Bertz CT molecular complexity index is 22.8. The van der Waals surface area contributed by atoms with E-state index in [0.717, 1.165) is 16.8 Å². The average Bonchev–Trinajstić information content (AvgIpc) is 1.61. The van der Waals surface area contributed by atoms with Crippen molar-refractivity contribution in [3.63, 3.8) is 0 Å². The van der Waals surface area contributed by atoms with Crippen molar-refractivity contribution in [3.8, 4) is 0 Å². The summed E-state index contributed by atoms with van der Waals surface area (Å²) in [6.07, 6.45) is 0. The molecule has 0 rings (SSSR count). The fraction of sp³-hybridized carbons (Fsp3) is 1.00. The van der Waals surface area contributed by atoms with Crippen molar-refractivity contribution in [2.75, 3.05) is 16.8 Å². The SMILES string of the molecule is SCCNCI. The van der Waals surface area contributed by atoms with Gasteiger partial charge in [0.1, 0.15) is 0 Å². The first-order chi connectivity index (χ1) is 2.91. The van der Waals surface area contributed by atoms with E-state index in [9.17, 15) is 0 Å². The van der Waals surface area contributed by atoms with Crippen molar-refractivity contribution in [2.45, 2.75) is 0 Å². The summed E-state index contributed by atoms with van der Waals surface area (Å²) < 4.78 is 1.03. The van der Waals surface area contributed by atoms with Gasteiger partial charge in [-0.2, -0.15) is 12.6 Å². The molecule has 0 aliphatic rings. The summed E-state index contributed by atoms with van der Waals surface area (Å²) in [5.41, 5.74) is 0. The van der Waals surface area contributed by atoms with Crippen molar-refractivity contribution in [1.82, 2.24) is 5.32 Å². The Labute approximate surface area is 57.4 Å². The normalized spacial score (nSPS) is 9.00. The zero-order valence-electron chi connectivity index (χ0n) is 3.45. The Hall–Kier alpha value is 1.04. The maximum absolute atomic E-state index is 3.99. The van der Waals surface area contributed by atoms with Gasteiger partial charge in [-0.05, 0) is 0 Å². The molecule has 0 saturated heterocycles. The lowest BCUT2D eigenvalue weighted by Gasteiger charge is -1.90. The van der Waals surface area contributed by atoms with Gasteiger partial charge in [-0.15, -0.1) is 0 Å². The number of halogens is 1. The molecule has 0 radical (unpaired) electrons. The first-order valence-corrected chi connectivity index (χ1v) is 3.95. The second-order valence-corrected chi connectivity index (χ2v) is 2.07. The van der Waals surface area contributed by atoms with Crippen LogP contribution in [0.2, 0.25) is 0 Å². The van der Waals surface area contributed by atoms with Gasteiger partial charge in [0.15, 0.2) is 0 Å². The molecule has 3 heteroatoms. The highest BCUT2D eigenvalue weighted by molar-refractivity contribution is 14.1. The largest absolute Gasteiger partial charge is 0.307 e. The monoisotopic (exact) mass is 217 g/mol. The standard InChI is InChI=1S/C3H8INS/c4-3-5-1-2-6/h5-6H,1-3H2. The summed E-state index contributed by atoms with van der Waals surface area (Å²) in [5, 5.41) is 3.11. The number of hydrogen-bond acceptors (Lipinski definition) is 2. The lowest BCUT2D eigenvalue weighted by atomic mass is 10.8. The van der Waals surface area contributed by atoms with Gasteiger partial charge in [-0.3, -0.25) is 0 Å². The smallest absolute Gasteiger partial charge is 0.0480 e. The Balaban J connectivity index is 2.34. The molecule has 0 spiro atoms. The summed E-state index contributed by atoms with van der Waals surface area (Å²) in [4.78, 5) is 0. The highest BCUT2D eigenvalue weighted by atomic mass is 127. The van der Waals surface area contributed by atoms with Gasteiger partial charge in [-0.25, -0.2) is 0 Å². The average molecular weight is 217 g/mol. The van der Waals surface area contributed by atoms with E-state index >= 15 is 0 Å². The van der Waals surface area contributed by atoms with E-state index in [4.69, 9.17) is 0 Å². The molecule has 0 heterocycles. The fourth-order valence-electron chi connectivity index (χ4n) is 0.146. The lowest BCUT2D eigenvalue weighted by Crippen LogP contribution is -2.12. The number of hydrogen-bond donors (Lipinski definition) is 2. The fourth-order valence-corrected chi connectivity index (χ4v) is 0.685. The maximum Gasteiger partial charge on any atom is 0.0480 e. The van der Waals surface area contributed by atoms with Crippen molar-refractivity contribution < 1.29 is 0 Å². The molecule has 0 saturated carbocycles. The van der Waals surface area contributed by atoms with E-state index in [2.05, 4.69) is 40.5 Å². The number of thiol groups is 1. The highest BCUT2D eigenvalue weighted by Crippen LogP contribution is 1.73. The second-order valence-electron chi connectivity index (χ2n) is 0.857. The van der Waals surface area contributed by atoms with Crippen LogP contribution in [0.15, 0.2) is 0 Å². The molecular weight excluding hydrogens is 209 g/mol. The third kappa shape index (κ3) is 5.04. The molecule has 0 aromatic carbocycles. The predicted octanol–water partition coefficient (Wildman–Crippen LogP) is 0.898. The molecule has 0 aliphatic heterocycles. The summed E-state index contributed by atoms with van der Waals surface area (Å²) in [6, 6.07) is 0. The van der Waals surface area contributed by atoms with Gasteiger partial charge in [0, 0.05) is 16.8 Å². The van der Waals surface area contributed by atoms with Crippen LogP contribution in [0.25, 0.3) is 0 Å². The van der Waals surface area contributed by atoms with Gasteiger partial charge in [-0.1, -0.05) is 22.6 Å². The Morgan fingerprint density at radius 1 is 1.67 bits per heavy atom. The lowest BCUT2D eigenvalue weighted by molar-refractivity contribution is 0.863. The summed E-state index contributed by atoms with van der Waals surface area (Å²) in [7, 11) is 0. The third-order valence-electron chi connectivity index (χ3n) is 0.383. The van der Waals surface area contributed by atoms with Crippen LogP contribution in [0.1, 0.15) is 0 Å². The van der Waals surface area contributed by atoms with Gasteiger partial charge in [0.25, 0.3) is 0 Å². The minimum absolute atomic E-state index is 0.934.